The van der Waals surface area contributed by atoms with Crippen LogP contribution >= 0.6 is 24.0 Å². The first kappa shape index (κ1) is 18.0. The average Bonchev–Trinajstić information content (AvgIpc) is 3.16. The summed E-state index contributed by atoms with van der Waals surface area (Å²) in [6.07, 6.45) is 4.10. The van der Waals surface area contributed by atoms with Gasteiger partial charge in [0.05, 0.1) is 11.4 Å². The van der Waals surface area contributed by atoms with Gasteiger partial charge in [-0.25, -0.2) is 0 Å². The van der Waals surface area contributed by atoms with Gasteiger partial charge in [0.1, 0.15) is 4.32 Å². The van der Waals surface area contributed by atoms with Crippen LogP contribution in [0.2, 0.25) is 0 Å². The van der Waals surface area contributed by atoms with Crippen molar-refractivity contribution in [1.82, 2.24) is 9.47 Å². The molecule has 1 aliphatic heterocycles. The maximum atomic E-state index is 12.9. The molecule has 136 valence electrons. The Labute approximate surface area is 168 Å². The molecule has 2 aromatic carbocycles. The smallest absolute Gasteiger partial charge is 0.266 e. The average molecular weight is 393 g/mol. The zero-order chi connectivity index (χ0) is 19.0. The second kappa shape index (κ2) is 7.33. The molecule has 1 aliphatic rings. The largest absolute Gasteiger partial charge is 0.344 e. The van der Waals surface area contributed by atoms with Gasteiger partial charge in [0.25, 0.3) is 5.91 Å². The molecule has 5 heteroatoms. The van der Waals surface area contributed by atoms with Crippen molar-refractivity contribution < 1.29 is 4.79 Å². The van der Waals surface area contributed by atoms with Gasteiger partial charge in [-0.15, -0.1) is 0 Å². The summed E-state index contributed by atoms with van der Waals surface area (Å²) in [7, 11) is 0. The number of hydrogen-bond donors (Lipinski definition) is 0. The van der Waals surface area contributed by atoms with E-state index >= 15 is 0 Å². The molecule has 27 heavy (non-hydrogen) atoms. The molecule has 0 atom stereocenters. The van der Waals surface area contributed by atoms with E-state index in [4.69, 9.17) is 12.2 Å². The van der Waals surface area contributed by atoms with Crippen molar-refractivity contribution in [3.8, 4) is 0 Å². The van der Waals surface area contributed by atoms with Crippen molar-refractivity contribution in [3.63, 3.8) is 0 Å². The summed E-state index contributed by atoms with van der Waals surface area (Å²) >= 11 is 6.86. The summed E-state index contributed by atoms with van der Waals surface area (Å²) in [5, 5.41) is 1.15. The van der Waals surface area contributed by atoms with Crippen LogP contribution in [0.3, 0.4) is 0 Å². The number of nitrogens with zero attached hydrogens (tertiary/aromatic N) is 2. The molecule has 4 rings (SSSR count). The molecule has 1 saturated heterocycles. The lowest BCUT2D eigenvalue weighted by Crippen LogP contribution is -2.27. The SMILES string of the molecule is CC(C)n1cc(/C=C2\SC(=S)N(Cc3ccccc3)C2=O)c2ccccc21. The lowest BCUT2D eigenvalue weighted by Gasteiger charge is -2.14. The highest BCUT2D eigenvalue weighted by molar-refractivity contribution is 8.26. The second-order valence-electron chi connectivity index (χ2n) is 6.86. The maximum absolute atomic E-state index is 12.9. The molecule has 3 nitrogen and oxygen atoms in total. The summed E-state index contributed by atoms with van der Waals surface area (Å²) in [4.78, 5) is 15.3. The van der Waals surface area contributed by atoms with Crippen LogP contribution in [-0.4, -0.2) is 19.7 Å². The van der Waals surface area contributed by atoms with E-state index in [2.05, 4.69) is 36.7 Å². The molecule has 1 fully saturated rings. The molecule has 0 radical (unpaired) electrons. The monoisotopic (exact) mass is 392 g/mol. The van der Waals surface area contributed by atoms with Crippen molar-refractivity contribution in [2.24, 2.45) is 0 Å². The molecule has 1 aromatic heterocycles. The number of rotatable bonds is 4. The molecular formula is C22H20N2OS2. The zero-order valence-corrected chi connectivity index (χ0v) is 16.9. The Bertz CT molecular complexity index is 1050. The van der Waals surface area contributed by atoms with Crippen LogP contribution in [0.15, 0.2) is 65.7 Å². The third kappa shape index (κ3) is 3.45. The topological polar surface area (TPSA) is 25.2 Å². The lowest BCUT2D eigenvalue weighted by atomic mass is 10.1. The predicted molar refractivity (Wildman–Crippen MR) is 117 cm³/mol. The van der Waals surface area contributed by atoms with Crippen molar-refractivity contribution in [3.05, 3.63) is 76.8 Å². The Balaban J connectivity index is 1.68. The Morgan fingerprint density at radius 2 is 1.78 bits per heavy atom. The molecule has 0 bridgehead atoms. The van der Waals surface area contributed by atoms with Crippen LogP contribution in [0.1, 0.15) is 31.0 Å². The molecular weight excluding hydrogens is 372 g/mol. The van der Waals surface area contributed by atoms with E-state index in [0.717, 1.165) is 16.5 Å². The molecule has 0 N–H and O–H groups in total. The Kier molecular flexibility index (Phi) is 4.89. The van der Waals surface area contributed by atoms with Crippen LogP contribution in [0, 0.1) is 0 Å². The maximum Gasteiger partial charge on any atom is 0.266 e. The van der Waals surface area contributed by atoms with E-state index in [0.29, 0.717) is 21.8 Å². The number of carbonyl (C=O) groups excluding carboxylic acids is 1. The molecule has 1 amide bonds. The number of fused-ring (bicyclic) bond motifs is 1. The van der Waals surface area contributed by atoms with Gasteiger partial charge >= 0.3 is 0 Å². The number of thioether (sulfide) groups is 1. The molecule has 0 saturated carbocycles. The first-order valence-electron chi connectivity index (χ1n) is 8.93. The minimum Gasteiger partial charge on any atom is -0.344 e. The highest BCUT2D eigenvalue weighted by Gasteiger charge is 2.32. The van der Waals surface area contributed by atoms with E-state index in [9.17, 15) is 4.79 Å². The van der Waals surface area contributed by atoms with Crippen molar-refractivity contribution in [2.75, 3.05) is 0 Å². The fourth-order valence-electron chi connectivity index (χ4n) is 3.32. The molecule has 0 spiro atoms. The summed E-state index contributed by atoms with van der Waals surface area (Å²) in [6, 6.07) is 18.6. The zero-order valence-electron chi connectivity index (χ0n) is 15.3. The third-order valence-electron chi connectivity index (χ3n) is 4.67. The van der Waals surface area contributed by atoms with Crippen LogP contribution in [0.4, 0.5) is 0 Å². The van der Waals surface area contributed by atoms with Gasteiger partial charge in [0.15, 0.2) is 0 Å². The number of aromatic nitrogens is 1. The fraction of sp³-hybridized carbons (Fsp3) is 0.182. The fourth-order valence-corrected chi connectivity index (χ4v) is 4.56. The van der Waals surface area contributed by atoms with Gasteiger partial charge in [-0.1, -0.05) is 72.5 Å². The minimum atomic E-state index is -0.0183. The van der Waals surface area contributed by atoms with Gasteiger partial charge < -0.3 is 4.57 Å². The van der Waals surface area contributed by atoms with Crippen LogP contribution in [0.5, 0.6) is 0 Å². The van der Waals surface area contributed by atoms with Gasteiger partial charge in [-0.05, 0) is 31.6 Å². The summed E-state index contributed by atoms with van der Waals surface area (Å²) < 4.78 is 2.86. The van der Waals surface area contributed by atoms with Gasteiger partial charge in [-0.3, -0.25) is 9.69 Å². The number of hydrogen-bond acceptors (Lipinski definition) is 3. The molecule has 0 unspecified atom stereocenters. The minimum absolute atomic E-state index is 0.0183. The van der Waals surface area contributed by atoms with Crippen LogP contribution in [0.25, 0.3) is 17.0 Å². The van der Waals surface area contributed by atoms with Gasteiger partial charge in [0, 0.05) is 28.7 Å². The first-order chi connectivity index (χ1) is 13.0. The first-order valence-corrected chi connectivity index (χ1v) is 10.2. The molecule has 0 aliphatic carbocycles. The predicted octanol–water partition coefficient (Wildman–Crippen LogP) is 5.62. The number of para-hydroxylation sites is 1. The molecule has 3 aromatic rings. The summed E-state index contributed by atoms with van der Waals surface area (Å²) in [5.74, 6) is -0.0183. The van der Waals surface area contributed by atoms with Crippen LogP contribution in [-0.2, 0) is 11.3 Å². The van der Waals surface area contributed by atoms with Gasteiger partial charge in [-0.2, -0.15) is 0 Å². The highest BCUT2D eigenvalue weighted by Crippen LogP contribution is 2.35. The third-order valence-corrected chi connectivity index (χ3v) is 6.05. The quantitative estimate of drug-likeness (QED) is 0.425. The molecule has 2 heterocycles. The van der Waals surface area contributed by atoms with E-state index in [1.807, 2.05) is 48.5 Å². The Hall–Kier alpha value is -2.37. The normalized spacial score (nSPS) is 16.3. The Morgan fingerprint density at radius 3 is 2.52 bits per heavy atom. The number of benzene rings is 2. The van der Waals surface area contributed by atoms with E-state index in [1.165, 1.54) is 17.3 Å². The second-order valence-corrected chi connectivity index (χ2v) is 8.53. The van der Waals surface area contributed by atoms with E-state index in [1.54, 1.807) is 4.90 Å². The number of thiocarbonyl (C=S) groups is 1. The Morgan fingerprint density at radius 1 is 1.07 bits per heavy atom. The standard InChI is InChI=1S/C22H20N2OS2/c1-15(2)23-14-17(18-10-6-7-11-19(18)23)12-20-21(25)24(22(26)27-20)13-16-8-4-3-5-9-16/h3-12,14-15H,13H2,1-2H3/b20-12-. The van der Waals surface area contributed by atoms with Crippen molar-refractivity contribution >= 4 is 51.2 Å². The van der Waals surface area contributed by atoms with E-state index < -0.39 is 0 Å². The van der Waals surface area contributed by atoms with Crippen LogP contribution < -0.4 is 0 Å². The van der Waals surface area contributed by atoms with Crippen molar-refractivity contribution in [1.29, 1.82) is 0 Å². The number of carbonyl (C=O) groups is 1. The summed E-state index contributed by atoms with van der Waals surface area (Å²) in [6.45, 7) is 4.84. The lowest BCUT2D eigenvalue weighted by molar-refractivity contribution is -0.122. The van der Waals surface area contributed by atoms with Gasteiger partial charge in [0.2, 0.25) is 0 Å². The number of amides is 1. The highest BCUT2D eigenvalue weighted by atomic mass is 32.2. The summed E-state index contributed by atoms with van der Waals surface area (Å²) in [5.41, 5.74) is 3.31. The van der Waals surface area contributed by atoms with E-state index in [-0.39, 0.29) is 5.91 Å². The van der Waals surface area contributed by atoms with Crippen molar-refractivity contribution in [2.45, 2.75) is 26.4 Å².